The van der Waals surface area contributed by atoms with Crippen molar-refractivity contribution in [2.45, 2.75) is 46.1 Å². The number of hydrogen-bond donors (Lipinski definition) is 1. The quantitative estimate of drug-likeness (QED) is 0.612. The molecule has 0 aromatic heterocycles. The van der Waals surface area contributed by atoms with E-state index < -0.39 is 5.54 Å². The number of amidine groups is 1. The molecule has 1 N–H and O–H groups in total. The van der Waals surface area contributed by atoms with Crippen molar-refractivity contribution in [2.24, 2.45) is 5.41 Å². The summed E-state index contributed by atoms with van der Waals surface area (Å²) < 4.78 is 5.58. The summed E-state index contributed by atoms with van der Waals surface area (Å²) in [5, 5.41) is 8.10. The molecule has 1 aliphatic carbocycles. The first-order valence-corrected chi connectivity index (χ1v) is 7.08. The highest BCUT2D eigenvalue weighted by Gasteiger charge is 2.59. The van der Waals surface area contributed by atoms with E-state index in [2.05, 4.69) is 20.8 Å². The third-order valence-corrected chi connectivity index (χ3v) is 3.79. The first-order chi connectivity index (χ1) is 8.80. The Morgan fingerprint density at radius 3 is 2.47 bits per heavy atom. The minimum atomic E-state index is -0.455. The number of nitrogens with zero attached hydrogens (tertiary/aromatic N) is 2. The number of piperazine rings is 1. The van der Waals surface area contributed by atoms with Crippen LogP contribution in [0.1, 0.15) is 40.5 Å². The molecule has 0 aromatic rings. The van der Waals surface area contributed by atoms with Gasteiger partial charge in [0.1, 0.15) is 5.54 Å². The van der Waals surface area contributed by atoms with Crippen LogP contribution < -0.4 is 0 Å². The average molecular weight is 267 g/mol. The normalized spacial score (nSPS) is 21.8. The minimum Gasteiger partial charge on any atom is -0.465 e. The van der Waals surface area contributed by atoms with Gasteiger partial charge in [0.15, 0.2) is 0 Å². The molecule has 0 radical (unpaired) electrons. The summed E-state index contributed by atoms with van der Waals surface area (Å²) in [4.78, 5) is 16.1. The van der Waals surface area contributed by atoms with Crippen molar-refractivity contribution in [3.63, 3.8) is 0 Å². The van der Waals surface area contributed by atoms with Gasteiger partial charge < -0.3 is 14.5 Å². The second-order valence-electron chi connectivity index (χ2n) is 6.72. The molecule has 5 nitrogen and oxygen atoms in total. The van der Waals surface area contributed by atoms with E-state index in [1.165, 1.54) is 0 Å². The van der Waals surface area contributed by atoms with Crippen LogP contribution in [0.3, 0.4) is 0 Å². The summed E-state index contributed by atoms with van der Waals surface area (Å²) in [6, 6.07) is 0.163. The molecule has 1 amide bonds. The van der Waals surface area contributed by atoms with Gasteiger partial charge in [-0.15, -0.1) is 0 Å². The lowest BCUT2D eigenvalue weighted by molar-refractivity contribution is -0.141. The molecule has 19 heavy (non-hydrogen) atoms. The summed E-state index contributed by atoms with van der Waals surface area (Å²) in [6.45, 7) is 10.9. The van der Waals surface area contributed by atoms with Crippen molar-refractivity contribution >= 4 is 11.9 Å². The van der Waals surface area contributed by atoms with Crippen LogP contribution in [0.25, 0.3) is 0 Å². The highest BCUT2D eigenvalue weighted by Crippen LogP contribution is 2.45. The lowest BCUT2D eigenvalue weighted by Crippen LogP contribution is -2.60. The van der Waals surface area contributed by atoms with Gasteiger partial charge in [-0.3, -0.25) is 10.2 Å². The van der Waals surface area contributed by atoms with Gasteiger partial charge >= 0.3 is 0 Å². The monoisotopic (exact) mass is 267 g/mol. The van der Waals surface area contributed by atoms with Crippen LogP contribution in [0.15, 0.2) is 0 Å². The van der Waals surface area contributed by atoms with Gasteiger partial charge in [-0.05, 0) is 25.2 Å². The van der Waals surface area contributed by atoms with Crippen LogP contribution in [0.4, 0.5) is 0 Å². The van der Waals surface area contributed by atoms with E-state index in [1.807, 2.05) is 16.7 Å². The Kier molecular flexibility index (Phi) is 3.49. The standard InChI is InChI=1S/C14H25N3O2/c1-5-16-8-9-17(14(6-7-14)11(16)18)12(15)19-10-13(2,3)4/h15H,5-10H2,1-4H3. The van der Waals surface area contributed by atoms with Crippen molar-refractivity contribution in [1.29, 1.82) is 5.41 Å². The summed E-state index contributed by atoms with van der Waals surface area (Å²) in [6.07, 6.45) is 1.70. The van der Waals surface area contributed by atoms with Crippen LogP contribution in [-0.2, 0) is 9.53 Å². The molecule has 2 rings (SSSR count). The topological polar surface area (TPSA) is 56.6 Å². The summed E-state index contributed by atoms with van der Waals surface area (Å²) in [5.74, 6) is 0.172. The number of nitrogens with one attached hydrogen (secondary N) is 1. The molecule has 0 unspecified atom stereocenters. The largest absolute Gasteiger partial charge is 0.465 e. The maximum Gasteiger partial charge on any atom is 0.285 e. The van der Waals surface area contributed by atoms with Crippen LogP contribution in [0.2, 0.25) is 0 Å². The summed E-state index contributed by atoms with van der Waals surface area (Å²) in [5.41, 5.74) is -0.429. The van der Waals surface area contributed by atoms with Crippen LogP contribution in [0.5, 0.6) is 0 Å². The third kappa shape index (κ3) is 2.69. The zero-order chi connectivity index (χ0) is 14.3. The number of hydrogen-bond acceptors (Lipinski definition) is 3. The predicted molar refractivity (Wildman–Crippen MR) is 74.1 cm³/mol. The van der Waals surface area contributed by atoms with Crippen molar-refractivity contribution in [3.05, 3.63) is 0 Å². The molecule has 1 spiro atoms. The highest BCUT2D eigenvalue weighted by molar-refractivity contribution is 5.94. The van der Waals surface area contributed by atoms with Crippen molar-refractivity contribution in [3.8, 4) is 0 Å². The Morgan fingerprint density at radius 2 is 2.00 bits per heavy atom. The number of carbonyl (C=O) groups excluding carboxylic acids is 1. The van der Waals surface area contributed by atoms with Crippen molar-refractivity contribution < 1.29 is 9.53 Å². The van der Waals surface area contributed by atoms with Gasteiger partial charge in [0.2, 0.25) is 5.91 Å². The Hall–Kier alpha value is -1.26. The molecular weight excluding hydrogens is 242 g/mol. The molecule has 1 aliphatic heterocycles. The molecule has 2 aliphatic rings. The lowest BCUT2D eigenvalue weighted by atomic mass is 9.99. The maximum atomic E-state index is 12.4. The fourth-order valence-electron chi connectivity index (χ4n) is 2.51. The summed E-state index contributed by atoms with van der Waals surface area (Å²) in [7, 11) is 0. The SMILES string of the molecule is CCN1CCN(C(=N)OCC(C)(C)C)C2(CC2)C1=O. The van der Waals surface area contributed by atoms with Gasteiger partial charge in [0.25, 0.3) is 6.02 Å². The van der Waals surface area contributed by atoms with E-state index in [0.717, 1.165) is 19.4 Å². The van der Waals surface area contributed by atoms with Crippen molar-refractivity contribution in [1.82, 2.24) is 9.80 Å². The Balaban J connectivity index is 2.01. The smallest absolute Gasteiger partial charge is 0.285 e. The minimum absolute atomic E-state index is 0.0261. The lowest BCUT2D eigenvalue weighted by Gasteiger charge is -2.41. The summed E-state index contributed by atoms with van der Waals surface area (Å²) >= 11 is 0. The fraction of sp³-hybridized carbons (Fsp3) is 0.857. The number of carbonyl (C=O) groups is 1. The molecular formula is C14H25N3O2. The molecule has 1 heterocycles. The van der Waals surface area contributed by atoms with E-state index in [-0.39, 0.29) is 17.3 Å². The Morgan fingerprint density at radius 1 is 1.37 bits per heavy atom. The molecule has 5 heteroatoms. The van der Waals surface area contributed by atoms with Crippen molar-refractivity contribution in [2.75, 3.05) is 26.2 Å². The van der Waals surface area contributed by atoms with E-state index in [0.29, 0.717) is 19.7 Å². The second kappa shape index (κ2) is 4.69. The molecule has 0 aromatic carbocycles. The van der Waals surface area contributed by atoms with Crippen LogP contribution in [0, 0.1) is 10.8 Å². The molecule has 0 bridgehead atoms. The molecule has 1 saturated carbocycles. The first kappa shape index (κ1) is 14.2. The fourth-order valence-corrected chi connectivity index (χ4v) is 2.51. The van der Waals surface area contributed by atoms with Gasteiger partial charge in [-0.2, -0.15) is 0 Å². The Labute approximate surface area is 115 Å². The number of rotatable bonds is 2. The van der Waals surface area contributed by atoms with Gasteiger partial charge in [-0.1, -0.05) is 20.8 Å². The number of likely N-dealkylation sites (N-methyl/N-ethyl adjacent to an activating group) is 1. The van der Waals surface area contributed by atoms with Crippen LogP contribution in [-0.4, -0.2) is 53.5 Å². The van der Waals surface area contributed by atoms with E-state index in [9.17, 15) is 4.79 Å². The maximum absolute atomic E-state index is 12.4. The van der Waals surface area contributed by atoms with Gasteiger partial charge in [0.05, 0.1) is 6.61 Å². The molecule has 2 fully saturated rings. The highest BCUT2D eigenvalue weighted by atomic mass is 16.5. The predicted octanol–water partition coefficient (Wildman–Crippen LogP) is 1.68. The van der Waals surface area contributed by atoms with E-state index >= 15 is 0 Å². The first-order valence-electron chi connectivity index (χ1n) is 7.08. The van der Waals surface area contributed by atoms with Gasteiger partial charge in [0, 0.05) is 19.6 Å². The molecule has 0 atom stereocenters. The second-order valence-corrected chi connectivity index (χ2v) is 6.72. The van der Waals surface area contributed by atoms with E-state index in [4.69, 9.17) is 10.1 Å². The number of amides is 1. The zero-order valence-electron chi connectivity index (χ0n) is 12.5. The van der Waals surface area contributed by atoms with Gasteiger partial charge in [-0.25, -0.2) is 0 Å². The third-order valence-electron chi connectivity index (χ3n) is 3.79. The molecule has 108 valence electrons. The van der Waals surface area contributed by atoms with E-state index in [1.54, 1.807) is 0 Å². The molecule has 1 saturated heterocycles. The number of ether oxygens (including phenoxy) is 1. The van der Waals surface area contributed by atoms with Crippen LogP contribution >= 0.6 is 0 Å². The average Bonchev–Trinajstić information content (AvgIpc) is 3.10. The Bertz CT molecular complexity index is 383. The zero-order valence-corrected chi connectivity index (χ0v) is 12.5.